The first-order chi connectivity index (χ1) is 14.2. The molecule has 0 bridgehead atoms. The average molecular weight is 394 g/mol. The highest BCUT2D eigenvalue weighted by Gasteiger charge is 2.25. The van der Waals surface area contributed by atoms with Crippen molar-refractivity contribution < 1.29 is 9.47 Å². The summed E-state index contributed by atoms with van der Waals surface area (Å²) in [4.78, 5) is 4.82. The Morgan fingerprint density at radius 2 is 2.10 bits per heavy atom. The number of rotatable bonds is 7. The zero-order valence-electron chi connectivity index (χ0n) is 17.4. The van der Waals surface area contributed by atoms with E-state index >= 15 is 0 Å². The Kier molecular flexibility index (Phi) is 6.35. The summed E-state index contributed by atoms with van der Waals surface area (Å²) in [6.45, 7) is 7.96. The smallest absolute Gasteiger partial charge is 0.191 e. The maximum atomic E-state index is 6.21. The Balaban J connectivity index is 1.40. The van der Waals surface area contributed by atoms with E-state index in [0.717, 1.165) is 49.8 Å². The summed E-state index contributed by atoms with van der Waals surface area (Å²) in [5.41, 5.74) is 5.23. The third-order valence-electron chi connectivity index (χ3n) is 5.63. The van der Waals surface area contributed by atoms with Crippen molar-refractivity contribution >= 4 is 5.96 Å². The number of ether oxygens (including phenoxy) is 2. The van der Waals surface area contributed by atoms with Crippen LogP contribution < -0.4 is 15.4 Å². The first-order valence-corrected chi connectivity index (χ1v) is 10.7. The van der Waals surface area contributed by atoms with Crippen molar-refractivity contribution in [1.29, 1.82) is 0 Å². The maximum absolute atomic E-state index is 6.21. The zero-order valence-corrected chi connectivity index (χ0v) is 17.4. The molecule has 0 saturated carbocycles. The first-order valence-electron chi connectivity index (χ1n) is 10.7. The van der Waals surface area contributed by atoms with Gasteiger partial charge in [0.1, 0.15) is 11.9 Å². The Morgan fingerprint density at radius 3 is 2.90 bits per heavy atom. The van der Waals surface area contributed by atoms with Crippen molar-refractivity contribution in [3.8, 4) is 5.75 Å². The van der Waals surface area contributed by atoms with Gasteiger partial charge in [0, 0.05) is 31.0 Å². The van der Waals surface area contributed by atoms with Crippen LogP contribution in [0.15, 0.2) is 47.5 Å². The molecular formula is C24H31N3O2. The number of guanidine groups is 1. The molecule has 4 rings (SSSR count). The molecule has 2 aromatic carbocycles. The second kappa shape index (κ2) is 9.31. The summed E-state index contributed by atoms with van der Waals surface area (Å²) in [6, 6.07) is 15.0. The monoisotopic (exact) mass is 393 g/mol. The zero-order chi connectivity index (χ0) is 20.1. The third kappa shape index (κ3) is 4.91. The van der Waals surface area contributed by atoms with Crippen LogP contribution in [-0.2, 0) is 17.7 Å². The fourth-order valence-corrected chi connectivity index (χ4v) is 3.96. The second-order valence-corrected chi connectivity index (χ2v) is 7.89. The standard InChI is InChI=1S/C24H31N3O2/c1-3-25-24(27-15-20-13-18-6-4-5-7-22(18)20)26-14-19-9-8-17(2)12-23(19)29-21-10-11-28-16-21/h4-9,12,20-21H,3,10-11,13-16H2,1-2H3,(H2,25,26,27). The minimum atomic E-state index is 0.143. The van der Waals surface area contributed by atoms with Crippen molar-refractivity contribution in [2.45, 2.75) is 45.3 Å². The summed E-state index contributed by atoms with van der Waals surface area (Å²) < 4.78 is 11.7. The molecule has 2 atom stereocenters. The van der Waals surface area contributed by atoms with Crippen LogP contribution in [0.2, 0.25) is 0 Å². The van der Waals surface area contributed by atoms with E-state index in [-0.39, 0.29) is 6.10 Å². The van der Waals surface area contributed by atoms with Gasteiger partial charge in [0.25, 0.3) is 0 Å². The Bertz CT molecular complexity index is 859. The Labute approximate surface area is 173 Å². The van der Waals surface area contributed by atoms with Gasteiger partial charge < -0.3 is 20.1 Å². The molecule has 0 amide bonds. The van der Waals surface area contributed by atoms with Gasteiger partial charge in [0.15, 0.2) is 5.96 Å². The number of aliphatic imine (C=N–C) groups is 1. The van der Waals surface area contributed by atoms with E-state index in [2.05, 4.69) is 66.9 Å². The quantitative estimate of drug-likeness (QED) is 0.558. The maximum Gasteiger partial charge on any atom is 0.191 e. The van der Waals surface area contributed by atoms with Crippen LogP contribution in [-0.4, -0.2) is 38.4 Å². The molecule has 1 saturated heterocycles. The molecular weight excluding hydrogens is 362 g/mol. The van der Waals surface area contributed by atoms with Crippen molar-refractivity contribution in [2.75, 3.05) is 26.3 Å². The molecule has 0 aromatic heterocycles. The lowest BCUT2D eigenvalue weighted by Gasteiger charge is -2.30. The van der Waals surface area contributed by atoms with Crippen LogP contribution in [0.25, 0.3) is 0 Å². The number of nitrogens with zero attached hydrogens (tertiary/aromatic N) is 1. The van der Waals surface area contributed by atoms with E-state index in [4.69, 9.17) is 14.5 Å². The van der Waals surface area contributed by atoms with E-state index in [1.165, 1.54) is 16.7 Å². The molecule has 154 valence electrons. The summed E-state index contributed by atoms with van der Waals surface area (Å²) >= 11 is 0. The summed E-state index contributed by atoms with van der Waals surface area (Å²) in [6.07, 6.45) is 2.23. The van der Waals surface area contributed by atoms with E-state index in [9.17, 15) is 0 Å². The normalized spacial score (nSPS) is 20.7. The lowest BCUT2D eigenvalue weighted by molar-refractivity contribution is 0.140. The van der Waals surface area contributed by atoms with Crippen LogP contribution in [0.1, 0.15) is 41.5 Å². The van der Waals surface area contributed by atoms with E-state index < -0.39 is 0 Å². The van der Waals surface area contributed by atoms with Crippen LogP contribution in [0.4, 0.5) is 0 Å². The summed E-state index contributed by atoms with van der Waals surface area (Å²) in [5, 5.41) is 6.88. The average Bonchev–Trinajstić information content (AvgIpc) is 3.21. The Morgan fingerprint density at radius 1 is 1.21 bits per heavy atom. The lowest BCUT2D eigenvalue weighted by atomic mass is 9.78. The molecule has 1 fully saturated rings. The number of aryl methyl sites for hydroxylation is 1. The minimum Gasteiger partial charge on any atom is -0.488 e. The molecule has 29 heavy (non-hydrogen) atoms. The van der Waals surface area contributed by atoms with Crippen molar-refractivity contribution in [3.05, 3.63) is 64.7 Å². The molecule has 0 radical (unpaired) electrons. The fourth-order valence-electron chi connectivity index (χ4n) is 3.96. The second-order valence-electron chi connectivity index (χ2n) is 7.89. The number of fused-ring (bicyclic) bond motifs is 1. The predicted octanol–water partition coefficient (Wildman–Crippen LogP) is 3.56. The molecule has 2 aromatic rings. The number of hydrogen-bond acceptors (Lipinski definition) is 3. The Hall–Kier alpha value is -2.53. The molecule has 5 heteroatoms. The molecule has 1 aliphatic carbocycles. The van der Waals surface area contributed by atoms with Gasteiger partial charge in [-0.1, -0.05) is 36.4 Å². The number of nitrogens with one attached hydrogen (secondary N) is 2. The van der Waals surface area contributed by atoms with Gasteiger partial charge in [-0.15, -0.1) is 0 Å². The molecule has 2 aliphatic rings. The van der Waals surface area contributed by atoms with Crippen LogP contribution in [0.3, 0.4) is 0 Å². The SMILES string of the molecule is CCNC(=NCc1ccc(C)cc1OC1CCOC1)NCC1Cc2ccccc21. The fraction of sp³-hybridized carbons (Fsp3) is 0.458. The lowest BCUT2D eigenvalue weighted by Crippen LogP contribution is -2.41. The largest absolute Gasteiger partial charge is 0.488 e. The van der Waals surface area contributed by atoms with Crippen LogP contribution in [0, 0.1) is 6.92 Å². The molecule has 1 aliphatic heterocycles. The number of benzene rings is 2. The van der Waals surface area contributed by atoms with Crippen molar-refractivity contribution in [1.82, 2.24) is 10.6 Å². The third-order valence-corrected chi connectivity index (χ3v) is 5.63. The molecule has 1 heterocycles. The first kappa shape index (κ1) is 19.8. The van der Waals surface area contributed by atoms with Gasteiger partial charge in [-0.3, -0.25) is 0 Å². The molecule has 2 N–H and O–H groups in total. The number of hydrogen-bond donors (Lipinski definition) is 2. The molecule has 2 unspecified atom stereocenters. The van der Waals surface area contributed by atoms with E-state index in [0.29, 0.717) is 19.1 Å². The highest BCUT2D eigenvalue weighted by molar-refractivity contribution is 5.80. The van der Waals surface area contributed by atoms with Crippen molar-refractivity contribution in [2.24, 2.45) is 4.99 Å². The van der Waals surface area contributed by atoms with Gasteiger partial charge >= 0.3 is 0 Å². The van der Waals surface area contributed by atoms with Gasteiger partial charge in [0.05, 0.1) is 19.8 Å². The van der Waals surface area contributed by atoms with Gasteiger partial charge in [-0.2, -0.15) is 0 Å². The van der Waals surface area contributed by atoms with Crippen LogP contribution in [0.5, 0.6) is 5.75 Å². The van der Waals surface area contributed by atoms with Crippen molar-refractivity contribution in [3.63, 3.8) is 0 Å². The van der Waals surface area contributed by atoms with E-state index in [1.54, 1.807) is 0 Å². The van der Waals surface area contributed by atoms with Gasteiger partial charge in [0.2, 0.25) is 0 Å². The topological polar surface area (TPSA) is 54.9 Å². The summed E-state index contributed by atoms with van der Waals surface area (Å²) in [7, 11) is 0. The summed E-state index contributed by atoms with van der Waals surface area (Å²) in [5.74, 6) is 2.34. The minimum absolute atomic E-state index is 0.143. The highest BCUT2D eigenvalue weighted by Crippen LogP contribution is 2.34. The van der Waals surface area contributed by atoms with Crippen LogP contribution >= 0.6 is 0 Å². The molecule has 0 spiro atoms. The van der Waals surface area contributed by atoms with Gasteiger partial charge in [-0.05, 0) is 43.0 Å². The van der Waals surface area contributed by atoms with E-state index in [1.807, 2.05) is 0 Å². The molecule has 5 nitrogen and oxygen atoms in total. The predicted molar refractivity (Wildman–Crippen MR) is 117 cm³/mol. The highest BCUT2D eigenvalue weighted by atomic mass is 16.5. The van der Waals surface area contributed by atoms with Gasteiger partial charge in [-0.25, -0.2) is 4.99 Å².